The van der Waals surface area contributed by atoms with E-state index < -0.39 is 6.04 Å². The lowest BCUT2D eigenvalue weighted by molar-refractivity contribution is -0.124. The summed E-state index contributed by atoms with van der Waals surface area (Å²) in [6, 6.07) is 7.11. The highest BCUT2D eigenvalue weighted by Crippen LogP contribution is 2.22. The molecule has 0 radical (unpaired) electrons. The van der Waals surface area contributed by atoms with Crippen molar-refractivity contribution in [2.24, 2.45) is 11.8 Å². The molecule has 1 aromatic rings. The van der Waals surface area contributed by atoms with Crippen molar-refractivity contribution in [1.82, 2.24) is 16.0 Å². The summed E-state index contributed by atoms with van der Waals surface area (Å²) in [4.78, 5) is 25.3. The highest BCUT2D eigenvalue weighted by atomic mass is 16.2. The Morgan fingerprint density at radius 1 is 1.18 bits per heavy atom. The number of benzene rings is 1. The van der Waals surface area contributed by atoms with Crippen LogP contribution in [0.2, 0.25) is 0 Å². The molecule has 1 heterocycles. The molecule has 2 rings (SSSR count). The first-order valence-corrected chi connectivity index (χ1v) is 10.6. The zero-order chi connectivity index (χ0) is 20.7. The summed E-state index contributed by atoms with van der Waals surface area (Å²) < 4.78 is 0. The number of hydrogen-bond acceptors (Lipinski definition) is 3. The van der Waals surface area contributed by atoms with Crippen molar-refractivity contribution in [3.8, 4) is 0 Å². The van der Waals surface area contributed by atoms with Crippen LogP contribution in [-0.2, 0) is 10.2 Å². The molecule has 0 saturated carbocycles. The van der Waals surface area contributed by atoms with E-state index >= 15 is 0 Å². The van der Waals surface area contributed by atoms with Gasteiger partial charge in [-0.1, -0.05) is 46.8 Å². The second kappa shape index (κ2) is 10.1. The van der Waals surface area contributed by atoms with E-state index in [0.717, 1.165) is 19.5 Å². The summed E-state index contributed by atoms with van der Waals surface area (Å²) in [6.07, 6.45) is 3.40. The number of nitrogens with one attached hydrogen (secondary N) is 3. The first kappa shape index (κ1) is 22.4. The van der Waals surface area contributed by atoms with Gasteiger partial charge in [0.05, 0.1) is 0 Å². The third kappa shape index (κ3) is 6.62. The molecule has 28 heavy (non-hydrogen) atoms. The summed E-state index contributed by atoms with van der Waals surface area (Å²) in [5, 5.41) is 9.33. The van der Waals surface area contributed by atoms with Crippen molar-refractivity contribution in [1.29, 1.82) is 0 Å². The molecule has 2 atom stereocenters. The molecule has 0 aliphatic carbocycles. The van der Waals surface area contributed by atoms with Crippen LogP contribution in [0.15, 0.2) is 24.3 Å². The fraction of sp³-hybridized carbons (Fsp3) is 0.652. The predicted octanol–water partition coefficient (Wildman–Crippen LogP) is 3.24. The minimum atomic E-state index is -0.528. The van der Waals surface area contributed by atoms with Crippen molar-refractivity contribution in [2.75, 3.05) is 19.6 Å². The fourth-order valence-electron chi connectivity index (χ4n) is 3.56. The Labute approximate surface area is 170 Å². The van der Waals surface area contributed by atoms with Crippen molar-refractivity contribution in [3.05, 3.63) is 35.4 Å². The van der Waals surface area contributed by atoms with Gasteiger partial charge in [-0.3, -0.25) is 9.59 Å². The lowest BCUT2D eigenvalue weighted by Crippen LogP contribution is -2.50. The lowest BCUT2D eigenvalue weighted by atomic mass is 9.86. The average Bonchev–Trinajstić information content (AvgIpc) is 2.65. The maximum Gasteiger partial charge on any atom is 0.251 e. The predicted molar refractivity (Wildman–Crippen MR) is 114 cm³/mol. The molecule has 2 unspecified atom stereocenters. The van der Waals surface area contributed by atoms with Crippen LogP contribution < -0.4 is 16.0 Å². The van der Waals surface area contributed by atoms with Crippen molar-refractivity contribution >= 4 is 11.8 Å². The highest BCUT2D eigenvalue weighted by Gasteiger charge is 2.25. The van der Waals surface area contributed by atoms with Gasteiger partial charge in [0.15, 0.2) is 0 Å². The highest BCUT2D eigenvalue weighted by molar-refractivity contribution is 5.97. The Bertz CT molecular complexity index is 641. The Morgan fingerprint density at radius 2 is 1.86 bits per heavy atom. The fourth-order valence-corrected chi connectivity index (χ4v) is 3.56. The minimum absolute atomic E-state index is 0.0224. The molecule has 5 nitrogen and oxygen atoms in total. The summed E-state index contributed by atoms with van der Waals surface area (Å²) in [5.41, 5.74) is 1.81. The number of rotatable bonds is 7. The molecule has 0 spiro atoms. The van der Waals surface area contributed by atoms with Crippen molar-refractivity contribution in [3.63, 3.8) is 0 Å². The summed E-state index contributed by atoms with van der Waals surface area (Å²) in [7, 11) is 0. The maximum absolute atomic E-state index is 12.6. The maximum atomic E-state index is 12.6. The molecule has 3 N–H and O–H groups in total. The van der Waals surface area contributed by atoms with Gasteiger partial charge in [0.1, 0.15) is 6.04 Å². The van der Waals surface area contributed by atoms with Crippen LogP contribution in [0.3, 0.4) is 0 Å². The standard InChI is InChI=1S/C23H37N3O2/c1-16(2)20(22(28)25-14-12-17-7-6-13-24-15-17)26-21(27)18-8-10-19(11-9-18)23(3,4)5/h8-11,16-17,20,24H,6-7,12-15H2,1-5H3,(H,25,28)(H,26,27). The second-order valence-electron chi connectivity index (χ2n) is 9.31. The van der Waals surface area contributed by atoms with Gasteiger partial charge in [-0.2, -0.15) is 0 Å². The number of piperidine rings is 1. The Morgan fingerprint density at radius 3 is 2.39 bits per heavy atom. The second-order valence-corrected chi connectivity index (χ2v) is 9.31. The monoisotopic (exact) mass is 387 g/mol. The summed E-state index contributed by atoms with van der Waals surface area (Å²) >= 11 is 0. The van der Waals surface area contributed by atoms with E-state index in [2.05, 4.69) is 36.7 Å². The van der Waals surface area contributed by atoms with E-state index in [-0.39, 0.29) is 23.1 Å². The molecule has 0 aromatic heterocycles. The zero-order valence-corrected chi connectivity index (χ0v) is 18.1. The topological polar surface area (TPSA) is 70.2 Å². The number of carbonyl (C=O) groups is 2. The van der Waals surface area contributed by atoms with Crippen LogP contribution in [0.5, 0.6) is 0 Å². The Balaban J connectivity index is 1.89. The molecule has 2 amide bonds. The molecular weight excluding hydrogens is 350 g/mol. The quantitative estimate of drug-likeness (QED) is 0.673. The first-order chi connectivity index (χ1) is 13.2. The molecule has 1 aliphatic rings. The van der Waals surface area contributed by atoms with E-state index in [4.69, 9.17) is 0 Å². The Hall–Kier alpha value is -1.88. The zero-order valence-electron chi connectivity index (χ0n) is 18.1. The third-order valence-corrected chi connectivity index (χ3v) is 5.50. The number of amides is 2. The van der Waals surface area contributed by atoms with Crippen LogP contribution in [0, 0.1) is 11.8 Å². The minimum Gasteiger partial charge on any atom is -0.354 e. The van der Waals surface area contributed by atoms with Gasteiger partial charge in [-0.05, 0) is 67.3 Å². The van der Waals surface area contributed by atoms with Crippen molar-refractivity contribution < 1.29 is 9.59 Å². The van der Waals surface area contributed by atoms with Crippen LogP contribution >= 0.6 is 0 Å². The first-order valence-electron chi connectivity index (χ1n) is 10.6. The molecule has 1 aliphatic heterocycles. The van der Waals surface area contributed by atoms with Crippen LogP contribution in [0.25, 0.3) is 0 Å². The van der Waals surface area contributed by atoms with Gasteiger partial charge in [0.2, 0.25) is 5.91 Å². The SMILES string of the molecule is CC(C)C(NC(=O)c1ccc(C(C)(C)C)cc1)C(=O)NCCC1CCCNC1. The van der Waals surface area contributed by atoms with E-state index in [0.29, 0.717) is 18.0 Å². The number of carbonyl (C=O) groups excluding carboxylic acids is 2. The Kier molecular flexibility index (Phi) is 8.05. The largest absolute Gasteiger partial charge is 0.354 e. The van der Waals surface area contributed by atoms with Crippen LogP contribution in [0.1, 0.15) is 69.8 Å². The number of hydrogen-bond donors (Lipinski definition) is 3. The van der Waals surface area contributed by atoms with Gasteiger partial charge < -0.3 is 16.0 Å². The molecule has 156 valence electrons. The molecule has 1 aromatic carbocycles. The van der Waals surface area contributed by atoms with E-state index in [1.807, 2.05) is 38.1 Å². The summed E-state index contributed by atoms with van der Waals surface area (Å²) in [5.74, 6) is 0.348. The van der Waals surface area contributed by atoms with Gasteiger partial charge >= 0.3 is 0 Å². The van der Waals surface area contributed by atoms with Crippen LogP contribution in [0.4, 0.5) is 0 Å². The molecule has 0 bridgehead atoms. The van der Waals surface area contributed by atoms with Gasteiger partial charge in [0, 0.05) is 12.1 Å². The smallest absolute Gasteiger partial charge is 0.251 e. The molecule has 5 heteroatoms. The van der Waals surface area contributed by atoms with Gasteiger partial charge in [-0.25, -0.2) is 0 Å². The lowest BCUT2D eigenvalue weighted by Gasteiger charge is -2.25. The van der Waals surface area contributed by atoms with E-state index in [1.54, 1.807) is 0 Å². The van der Waals surface area contributed by atoms with Crippen molar-refractivity contribution in [2.45, 2.75) is 65.3 Å². The van der Waals surface area contributed by atoms with E-state index in [9.17, 15) is 9.59 Å². The normalized spacial score (nSPS) is 18.6. The molecule has 1 fully saturated rings. The average molecular weight is 388 g/mol. The van der Waals surface area contributed by atoms with Crippen LogP contribution in [-0.4, -0.2) is 37.5 Å². The summed E-state index contributed by atoms with van der Waals surface area (Å²) in [6.45, 7) is 13.1. The molecular formula is C23H37N3O2. The molecule has 1 saturated heterocycles. The van der Waals surface area contributed by atoms with Gasteiger partial charge in [0.25, 0.3) is 5.91 Å². The van der Waals surface area contributed by atoms with E-state index in [1.165, 1.54) is 18.4 Å². The third-order valence-electron chi connectivity index (χ3n) is 5.50. The van der Waals surface area contributed by atoms with Gasteiger partial charge in [-0.15, -0.1) is 0 Å².